The molecule has 1 spiro atoms. The molecule has 7 rings (SSSR count). The number of rotatable bonds is 3. The number of hydrogen-bond donors (Lipinski definition) is 2. The van der Waals surface area contributed by atoms with E-state index in [-0.39, 0.29) is 23.8 Å². The summed E-state index contributed by atoms with van der Waals surface area (Å²) in [5.74, 6) is 1.05. The summed E-state index contributed by atoms with van der Waals surface area (Å²) in [7, 11) is 2.21. The van der Waals surface area contributed by atoms with Gasteiger partial charge in [-0.2, -0.15) is 0 Å². The van der Waals surface area contributed by atoms with Gasteiger partial charge in [0.05, 0.1) is 30.1 Å². The number of hydrogen-bond acceptors (Lipinski definition) is 3. The van der Waals surface area contributed by atoms with Crippen LogP contribution in [0.3, 0.4) is 0 Å². The molecule has 1 unspecified atom stereocenters. The van der Waals surface area contributed by atoms with E-state index in [2.05, 4.69) is 49.7 Å². The molecular formula is C23H31N2O2+. The third-order valence-electron chi connectivity index (χ3n) is 9.56. The lowest BCUT2D eigenvalue weighted by molar-refractivity contribution is -1.03. The van der Waals surface area contributed by atoms with E-state index >= 15 is 0 Å². The molecule has 5 fully saturated rings. The van der Waals surface area contributed by atoms with E-state index in [4.69, 9.17) is 0 Å². The predicted molar refractivity (Wildman–Crippen MR) is 105 cm³/mol. The van der Waals surface area contributed by atoms with E-state index in [9.17, 15) is 10.2 Å². The standard InChI is InChI=1S/C23H31N2O2/c1-4-10-25-17-11-14(13(5-2)22(25)27)19-18(25)12-23(21(19)26)15-8-6-7-9-16(15)24(3)20(17)23/h4,6-9,13-14,17-22,26-27H,1,5,10-12H2,2-3H3/q+1/t13-,14-,17+,18-,19+,20-,21-,22+,23+,25?/m0/s1. The molecule has 1 saturated carbocycles. The third-order valence-corrected chi connectivity index (χ3v) is 9.56. The van der Waals surface area contributed by atoms with Gasteiger partial charge in [-0.3, -0.25) is 4.48 Å². The Morgan fingerprint density at radius 2 is 2.07 bits per heavy atom. The zero-order valence-electron chi connectivity index (χ0n) is 16.3. The molecule has 5 bridgehead atoms. The first-order valence-corrected chi connectivity index (χ1v) is 10.7. The van der Waals surface area contributed by atoms with Gasteiger partial charge in [-0.1, -0.05) is 31.7 Å². The monoisotopic (exact) mass is 367 g/mol. The van der Waals surface area contributed by atoms with Crippen molar-refractivity contribution < 1.29 is 14.7 Å². The van der Waals surface area contributed by atoms with E-state index in [0.29, 0.717) is 29.8 Å². The Balaban J connectivity index is 1.63. The van der Waals surface area contributed by atoms with E-state index in [0.717, 1.165) is 30.3 Å². The Bertz CT molecular complexity index is 826. The third kappa shape index (κ3) is 1.47. The number of para-hydroxylation sites is 1. The Labute approximate surface area is 161 Å². The molecule has 0 radical (unpaired) electrons. The molecule has 6 aliphatic rings. The number of likely N-dealkylation sites (N-methyl/N-ethyl adjacent to an activating group) is 1. The van der Waals surface area contributed by atoms with Crippen LogP contribution in [0.2, 0.25) is 0 Å². The van der Waals surface area contributed by atoms with Crippen molar-refractivity contribution in [3.8, 4) is 0 Å². The first kappa shape index (κ1) is 16.6. The molecule has 4 heteroatoms. The van der Waals surface area contributed by atoms with Crippen molar-refractivity contribution in [2.75, 3.05) is 18.5 Å². The molecule has 2 N–H and O–H groups in total. The van der Waals surface area contributed by atoms with Gasteiger partial charge in [-0.05, 0) is 30.0 Å². The Kier molecular flexibility index (Phi) is 3.05. The van der Waals surface area contributed by atoms with Crippen LogP contribution >= 0.6 is 0 Å². The van der Waals surface area contributed by atoms with Crippen LogP contribution in [-0.2, 0) is 5.41 Å². The van der Waals surface area contributed by atoms with Gasteiger partial charge in [-0.25, -0.2) is 0 Å². The minimum Gasteiger partial charge on any atom is -0.392 e. The van der Waals surface area contributed by atoms with Gasteiger partial charge in [0.15, 0.2) is 6.23 Å². The van der Waals surface area contributed by atoms with Crippen LogP contribution in [0.4, 0.5) is 5.69 Å². The quantitative estimate of drug-likeness (QED) is 0.636. The first-order chi connectivity index (χ1) is 13.0. The molecule has 5 aliphatic heterocycles. The number of anilines is 1. The normalized spacial score (nSPS) is 53.6. The lowest BCUT2D eigenvalue weighted by atomic mass is 9.60. The zero-order chi connectivity index (χ0) is 18.7. The summed E-state index contributed by atoms with van der Waals surface area (Å²) in [6.07, 6.45) is 4.52. The predicted octanol–water partition coefficient (Wildman–Crippen LogP) is 2.26. The fourth-order valence-electron chi connectivity index (χ4n) is 8.98. The molecule has 5 heterocycles. The maximum absolute atomic E-state index is 11.9. The Hall–Kier alpha value is -1.36. The largest absolute Gasteiger partial charge is 0.392 e. The molecule has 1 aromatic carbocycles. The molecule has 27 heavy (non-hydrogen) atoms. The summed E-state index contributed by atoms with van der Waals surface area (Å²) >= 11 is 0. The van der Waals surface area contributed by atoms with Crippen molar-refractivity contribution in [3.05, 3.63) is 42.5 Å². The summed E-state index contributed by atoms with van der Waals surface area (Å²) in [6, 6.07) is 9.71. The van der Waals surface area contributed by atoms with Crippen molar-refractivity contribution in [3.63, 3.8) is 0 Å². The maximum atomic E-state index is 11.9. The molecule has 0 aromatic heterocycles. The second kappa shape index (κ2) is 4.97. The average molecular weight is 368 g/mol. The van der Waals surface area contributed by atoms with Crippen molar-refractivity contribution in [1.29, 1.82) is 0 Å². The summed E-state index contributed by atoms with van der Waals surface area (Å²) in [6.45, 7) is 7.10. The minimum atomic E-state index is -0.321. The van der Waals surface area contributed by atoms with Crippen LogP contribution in [-0.4, -0.2) is 58.7 Å². The van der Waals surface area contributed by atoms with Crippen molar-refractivity contribution >= 4 is 5.69 Å². The number of quaternary nitrogens is 1. The highest BCUT2D eigenvalue weighted by Crippen LogP contribution is 2.71. The number of benzene rings is 1. The lowest BCUT2D eigenvalue weighted by Gasteiger charge is -2.67. The van der Waals surface area contributed by atoms with Gasteiger partial charge >= 0.3 is 0 Å². The number of nitrogens with zero attached hydrogens (tertiary/aromatic N) is 2. The van der Waals surface area contributed by atoms with Gasteiger partial charge in [0.2, 0.25) is 0 Å². The lowest BCUT2D eigenvalue weighted by Crippen LogP contribution is -2.82. The molecular weight excluding hydrogens is 336 g/mol. The topological polar surface area (TPSA) is 43.7 Å². The molecule has 0 amide bonds. The van der Waals surface area contributed by atoms with Crippen LogP contribution in [0.25, 0.3) is 0 Å². The first-order valence-electron chi connectivity index (χ1n) is 10.7. The van der Waals surface area contributed by atoms with Crippen LogP contribution in [0.15, 0.2) is 36.9 Å². The molecule has 1 aliphatic carbocycles. The average Bonchev–Trinajstić information content (AvgIpc) is 3.06. The summed E-state index contributed by atoms with van der Waals surface area (Å²) < 4.78 is 0.755. The van der Waals surface area contributed by atoms with Gasteiger partial charge in [0, 0.05) is 37.4 Å². The van der Waals surface area contributed by atoms with Gasteiger partial charge in [-0.15, -0.1) is 0 Å². The van der Waals surface area contributed by atoms with Gasteiger partial charge < -0.3 is 15.1 Å². The second-order valence-corrected chi connectivity index (χ2v) is 9.83. The van der Waals surface area contributed by atoms with Crippen LogP contribution in [0.1, 0.15) is 31.7 Å². The van der Waals surface area contributed by atoms with Crippen molar-refractivity contribution in [2.24, 2.45) is 17.8 Å². The van der Waals surface area contributed by atoms with E-state index in [1.165, 1.54) is 11.3 Å². The fraction of sp³-hybridized carbons (Fsp3) is 0.652. The van der Waals surface area contributed by atoms with E-state index < -0.39 is 0 Å². The van der Waals surface area contributed by atoms with Crippen molar-refractivity contribution in [2.45, 2.75) is 62.1 Å². The van der Waals surface area contributed by atoms with E-state index in [1.807, 2.05) is 6.08 Å². The zero-order valence-corrected chi connectivity index (χ0v) is 16.3. The fourth-order valence-corrected chi connectivity index (χ4v) is 8.98. The summed E-state index contributed by atoms with van der Waals surface area (Å²) in [5, 5.41) is 23.5. The number of aliphatic hydroxyl groups excluding tert-OH is 2. The SMILES string of the molecule is C=CC[N+]12[C@H](O)[C@@H](CC)[C@@H]3C[C@@H]1[C@@H]1N(C)c4ccccc4[C@]14C[C@H]2[C@@H]3[C@@H]4O. The highest BCUT2D eigenvalue weighted by molar-refractivity contribution is 5.66. The van der Waals surface area contributed by atoms with Crippen LogP contribution in [0, 0.1) is 17.8 Å². The van der Waals surface area contributed by atoms with Crippen LogP contribution < -0.4 is 4.90 Å². The molecule has 10 atom stereocenters. The van der Waals surface area contributed by atoms with Crippen molar-refractivity contribution in [1.82, 2.24) is 0 Å². The molecule has 4 nitrogen and oxygen atoms in total. The summed E-state index contributed by atoms with van der Waals surface area (Å²) in [5.41, 5.74) is 2.47. The number of piperidine rings is 4. The van der Waals surface area contributed by atoms with Crippen LogP contribution in [0.5, 0.6) is 0 Å². The van der Waals surface area contributed by atoms with Gasteiger partial charge in [0.25, 0.3) is 0 Å². The molecule has 144 valence electrons. The Morgan fingerprint density at radius 3 is 2.81 bits per heavy atom. The smallest absolute Gasteiger partial charge is 0.194 e. The number of fused-ring (bicyclic) bond motifs is 2. The minimum absolute atomic E-state index is 0.161. The molecule has 4 saturated heterocycles. The second-order valence-electron chi connectivity index (χ2n) is 9.83. The van der Waals surface area contributed by atoms with E-state index in [1.54, 1.807) is 0 Å². The Morgan fingerprint density at radius 1 is 1.30 bits per heavy atom. The summed E-state index contributed by atoms with van der Waals surface area (Å²) in [4.78, 5) is 2.44. The van der Waals surface area contributed by atoms with Gasteiger partial charge in [0.1, 0.15) is 6.04 Å². The maximum Gasteiger partial charge on any atom is 0.194 e. The number of aliphatic hydroxyl groups is 2. The molecule has 1 aromatic rings. The highest BCUT2D eigenvalue weighted by Gasteiger charge is 2.82. The highest BCUT2D eigenvalue weighted by atomic mass is 16.3.